The minimum atomic E-state index is -0.857. The van der Waals surface area contributed by atoms with Gasteiger partial charge in [-0.15, -0.1) is 0 Å². The standard InChI is InChI=1S/C14H17FO4/c1-18-11-6-9(8-15)5-10(13(11)19-2)14(3-4-14)7-12(16)17/h5-6H,3-4,7-8H2,1-2H3,(H,16,17). The van der Waals surface area contributed by atoms with Crippen LogP contribution in [0.25, 0.3) is 0 Å². The van der Waals surface area contributed by atoms with Gasteiger partial charge in [-0.05, 0) is 30.5 Å². The highest BCUT2D eigenvalue weighted by Crippen LogP contribution is 2.55. The van der Waals surface area contributed by atoms with E-state index >= 15 is 0 Å². The number of carboxylic acid groups (broad SMARTS) is 1. The van der Waals surface area contributed by atoms with Gasteiger partial charge in [0, 0.05) is 11.0 Å². The van der Waals surface area contributed by atoms with E-state index in [9.17, 15) is 9.18 Å². The minimum absolute atomic E-state index is 0.0300. The molecule has 1 aliphatic carbocycles. The lowest BCUT2D eigenvalue weighted by atomic mass is 9.90. The van der Waals surface area contributed by atoms with Crippen LogP contribution in [0.15, 0.2) is 12.1 Å². The molecule has 0 aromatic heterocycles. The summed E-state index contributed by atoms with van der Waals surface area (Å²) in [5.41, 5.74) is 0.782. The molecule has 1 fully saturated rings. The van der Waals surface area contributed by atoms with Crippen LogP contribution in [0, 0.1) is 0 Å². The zero-order valence-electron chi connectivity index (χ0n) is 11.0. The number of hydrogen-bond donors (Lipinski definition) is 1. The van der Waals surface area contributed by atoms with Gasteiger partial charge in [-0.1, -0.05) is 0 Å². The molecule has 104 valence electrons. The number of rotatable bonds is 6. The van der Waals surface area contributed by atoms with E-state index in [0.29, 0.717) is 17.1 Å². The second-order valence-corrected chi connectivity index (χ2v) is 4.86. The van der Waals surface area contributed by atoms with Crippen molar-refractivity contribution in [3.8, 4) is 11.5 Å². The van der Waals surface area contributed by atoms with Gasteiger partial charge in [-0.2, -0.15) is 0 Å². The smallest absolute Gasteiger partial charge is 0.304 e. The molecule has 0 saturated heterocycles. The topological polar surface area (TPSA) is 55.8 Å². The number of ether oxygens (including phenoxy) is 2. The Morgan fingerprint density at radius 2 is 2.05 bits per heavy atom. The van der Waals surface area contributed by atoms with E-state index in [4.69, 9.17) is 14.6 Å². The lowest BCUT2D eigenvalue weighted by molar-refractivity contribution is -0.137. The van der Waals surface area contributed by atoms with E-state index in [0.717, 1.165) is 18.4 Å². The summed E-state index contributed by atoms with van der Waals surface area (Å²) in [5.74, 6) is 0.104. The first-order chi connectivity index (χ1) is 9.06. The average Bonchev–Trinajstić information content (AvgIpc) is 3.16. The minimum Gasteiger partial charge on any atom is -0.493 e. The molecular formula is C14H17FO4. The van der Waals surface area contributed by atoms with Crippen LogP contribution in [0.4, 0.5) is 4.39 Å². The Bertz CT molecular complexity index is 494. The molecule has 1 saturated carbocycles. The van der Waals surface area contributed by atoms with Crippen molar-refractivity contribution in [2.75, 3.05) is 14.2 Å². The molecule has 2 rings (SSSR count). The fourth-order valence-corrected chi connectivity index (χ4v) is 2.47. The molecule has 1 aromatic carbocycles. The summed E-state index contributed by atoms with van der Waals surface area (Å²) < 4.78 is 23.5. The zero-order chi connectivity index (χ0) is 14.0. The van der Waals surface area contributed by atoms with E-state index in [-0.39, 0.29) is 6.42 Å². The van der Waals surface area contributed by atoms with Gasteiger partial charge < -0.3 is 14.6 Å². The highest BCUT2D eigenvalue weighted by atomic mass is 19.1. The molecule has 0 bridgehead atoms. The molecule has 0 aliphatic heterocycles. The summed E-state index contributed by atoms with van der Waals surface area (Å²) in [6.45, 7) is -0.615. The highest BCUT2D eigenvalue weighted by molar-refractivity contribution is 5.71. The number of hydrogen-bond acceptors (Lipinski definition) is 3. The molecule has 19 heavy (non-hydrogen) atoms. The third-order valence-corrected chi connectivity index (χ3v) is 3.61. The molecule has 0 spiro atoms. The fraction of sp³-hybridized carbons (Fsp3) is 0.500. The molecular weight excluding hydrogens is 251 g/mol. The number of aliphatic carboxylic acids is 1. The third-order valence-electron chi connectivity index (χ3n) is 3.61. The van der Waals surface area contributed by atoms with Crippen LogP contribution in [-0.2, 0) is 16.9 Å². The molecule has 0 radical (unpaired) electrons. The van der Waals surface area contributed by atoms with Gasteiger partial charge in [0.2, 0.25) is 0 Å². The monoisotopic (exact) mass is 268 g/mol. The molecule has 0 atom stereocenters. The van der Waals surface area contributed by atoms with Crippen molar-refractivity contribution >= 4 is 5.97 Å². The van der Waals surface area contributed by atoms with E-state index in [2.05, 4.69) is 0 Å². The van der Waals surface area contributed by atoms with Crippen molar-refractivity contribution in [2.45, 2.75) is 31.4 Å². The predicted molar refractivity (Wildman–Crippen MR) is 67.5 cm³/mol. The zero-order valence-corrected chi connectivity index (χ0v) is 11.0. The first kappa shape index (κ1) is 13.6. The first-order valence-corrected chi connectivity index (χ1v) is 6.09. The molecule has 0 heterocycles. The summed E-state index contributed by atoms with van der Waals surface area (Å²) in [5, 5.41) is 9.02. The largest absolute Gasteiger partial charge is 0.493 e. The van der Waals surface area contributed by atoms with Crippen LogP contribution >= 0.6 is 0 Å². The van der Waals surface area contributed by atoms with Gasteiger partial charge in [-0.3, -0.25) is 4.79 Å². The van der Waals surface area contributed by atoms with Crippen LogP contribution in [0.3, 0.4) is 0 Å². The van der Waals surface area contributed by atoms with Crippen LogP contribution in [0.2, 0.25) is 0 Å². The number of alkyl halides is 1. The predicted octanol–water partition coefficient (Wildman–Crippen LogP) is 2.68. The van der Waals surface area contributed by atoms with Crippen LogP contribution in [-0.4, -0.2) is 25.3 Å². The van der Waals surface area contributed by atoms with E-state index in [1.165, 1.54) is 14.2 Å². The number of benzene rings is 1. The molecule has 0 amide bonds. The lowest BCUT2D eigenvalue weighted by Gasteiger charge is -2.20. The van der Waals surface area contributed by atoms with E-state index in [1.807, 2.05) is 0 Å². The molecule has 5 heteroatoms. The van der Waals surface area contributed by atoms with Crippen LogP contribution < -0.4 is 9.47 Å². The van der Waals surface area contributed by atoms with Crippen molar-refractivity contribution < 1.29 is 23.8 Å². The van der Waals surface area contributed by atoms with E-state index in [1.54, 1.807) is 12.1 Å². The van der Waals surface area contributed by atoms with Gasteiger partial charge >= 0.3 is 5.97 Å². The summed E-state index contributed by atoms with van der Waals surface area (Å²) in [7, 11) is 2.99. The fourth-order valence-electron chi connectivity index (χ4n) is 2.47. The highest BCUT2D eigenvalue weighted by Gasteiger charge is 2.48. The van der Waals surface area contributed by atoms with Crippen LogP contribution in [0.5, 0.6) is 11.5 Å². The number of halogens is 1. The Morgan fingerprint density at radius 1 is 1.37 bits per heavy atom. The summed E-state index contributed by atoms with van der Waals surface area (Å²) in [6, 6.07) is 3.27. The Labute approximate surface area is 111 Å². The first-order valence-electron chi connectivity index (χ1n) is 6.09. The second kappa shape index (κ2) is 5.07. The van der Waals surface area contributed by atoms with Gasteiger partial charge in [0.05, 0.1) is 20.6 Å². The Morgan fingerprint density at radius 3 is 2.47 bits per heavy atom. The third kappa shape index (κ3) is 2.50. The molecule has 1 N–H and O–H groups in total. The number of carbonyl (C=O) groups is 1. The van der Waals surface area contributed by atoms with Crippen LogP contribution in [0.1, 0.15) is 30.4 Å². The number of carboxylic acids is 1. The Balaban J connectivity index is 2.51. The summed E-state index contributed by atoms with van der Waals surface area (Å²) in [4.78, 5) is 11.0. The van der Waals surface area contributed by atoms with Gasteiger partial charge in [0.25, 0.3) is 0 Å². The number of methoxy groups -OCH3 is 2. The Kier molecular flexibility index (Phi) is 3.64. The summed E-state index contributed by atoms with van der Waals surface area (Å²) in [6.07, 6.45) is 1.57. The molecule has 1 aliphatic rings. The molecule has 1 aromatic rings. The van der Waals surface area contributed by atoms with Crippen molar-refractivity contribution in [2.24, 2.45) is 0 Å². The Hall–Kier alpha value is -1.78. The van der Waals surface area contributed by atoms with Crippen molar-refractivity contribution in [3.63, 3.8) is 0 Å². The second-order valence-electron chi connectivity index (χ2n) is 4.86. The maximum Gasteiger partial charge on any atom is 0.304 e. The maximum atomic E-state index is 12.9. The van der Waals surface area contributed by atoms with E-state index < -0.39 is 18.1 Å². The van der Waals surface area contributed by atoms with Crippen molar-refractivity contribution in [3.05, 3.63) is 23.3 Å². The van der Waals surface area contributed by atoms with Gasteiger partial charge in [0.1, 0.15) is 6.67 Å². The quantitative estimate of drug-likeness (QED) is 0.861. The lowest BCUT2D eigenvalue weighted by Crippen LogP contribution is -2.15. The van der Waals surface area contributed by atoms with Crippen molar-refractivity contribution in [1.29, 1.82) is 0 Å². The normalized spacial score (nSPS) is 15.9. The summed E-state index contributed by atoms with van der Waals surface area (Å²) >= 11 is 0. The van der Waals surface area contributed by atoms with Crippen molar-refractivity contribution in [1.82, 2.24) is 0 Å². The molecule has 0 unspecified atom stereocenters. The SMILES string of the molecule is COc1cc(CF)cc(C2(CC(=O)O)CC2)c1OC. The average molecular weight is 268 g/mol. The maximum absolute atomic E-state index is 12.9. The molecule has 4 nitrogen and oxygen atoms in total. The van der Waals surface area contributed by atoms with Gasteiger partial charge in [0.15, 0.2) is 11.5 Å². The van der Waals surface area contributed by atoms with Gasteiger partial charge in [-0.25, -0.2) is 4.39 Å².